The molecule has 102 valence electrons. The lowest BCUT2D eigenvalue weighted by atomic mass is 10.1. The van der Waals surface area contributed by atoms with Crippen molar-refractivity contribution in [1.29, 1.82) is 0 Å². The second kappa shape index (κ2) is 6.31. The lowest BCUT2D eigenvalue weighted by molar-refractivity contribution is 0.0697. The van der Waals surface area contributed by atoms with Crippen LogP contribution in [0.4, 0.5) is 0 Å². The molecule has 0 atom stereocenters. The molecule has 5 nitrogen and oxygen atoms in total. The summed E-state index contributed by atoms with van der Waals surface area (Å²) in [5.74, 6) is -0.581. The lowest BCUT2D eigenvalue weighted by Gasteiger charge is -2.06. The van der Waals surface area contributed by atoms with E-state index in [0.29, 0.717) is 12.5 Å². The molecule has 0 bridgehead atoms. The fourth-order valence-electron chi connectivity index (χ4n) is 1.36. The first-order valence-electron chi connectivity index (χ1n) is 5.64. The number of sulfonamides is 1. The van der Waals surface area contributed by atoms with Gasteiger partial charge >= 0.3 is 5.97 Å². The van der Waals surface area contributed by atoms with Crippen LogP contribution in [0.5, 0.6) is 0 Å². The molecule has 0 saturated carbocycles. The number of carboxylic acids is 1. The summed E-state index contributed by atoms with van der Waals surface area (Å²) in [5.41, 5.74) is 0.00237. The van der Waals surface area contributed by atoms with Crippen LogP contribution in [0, 0.1) is 5.92 Å². The van der Waals surface area contributed by atoms with Crippen LogP contribution in [0.2, 0.25) is 0 Å². The minimum atomic E-state index is -3.57. The Morgan fingerprint density at radius 1 is 1.50 bits per heavy atom. The Balaban J connectivity index is 2.60. The maximum Gasteiger partial charge on any atom is 0.336 e. The summed E-state index contributed by atoms with van der Waals surface area (Å²) in [7, 11) is -3.57. The van der Waals surface area contributed by atoms with E-state index in [1.165, 1.54) is 11.4 Å². The van der Waals surface area contributed by atoms with Crippen molar-refractivity contribution in [2.45, 2.75) is 30.9 Å². The highest BCUT2D eigenvalue weighted by Gasteiger charge is 2.18. The molecule has 0 aliphatic rings. The van der Waals surface area contributed by atoms with Crippen molar-refractivity contribution in [3.05, 3.63) is 17.0 Å². The minimum Gasteiger partial charge on any atom is -0.478 e. The molecule has 7 heteroatoms. The number of aromatic carboxylic acids is 1. The summed E-state index contributed by atoms with van der Waals surface area (Å²) < 4.78 is 26.2. The van der Waals surface area contributed by atoms with E-state index in [0.717, 1.165) is 24.2 Å². The maximum atomic E-state index is 11.8. The fourth-order valence-corrected chi connectivity index (χ4v) is 3.63. The van der Waals surface area contributed by atoms with Crippen molar-refractivity contribution in [3.63, 3.8) is 0 Å². The van der Waals surface area contributed by atoms with Gasteiger partial charge in [-0.05, 0) is 24.8 Å². The molecule has 0 fully saturated rings. The van der Waals surface area contributed by atoms with Crippen LogP contribution in [-0.4, -0.2) is 26.0 Å². The summed E-state index contributed by atoms with van der Waals surface area (Å²) in [4.78, 5) is 10.7. The Kier molecular flexibility index (Phi) is 5.30. The first-order valence-corrected chi connectivity index (χ1v) is 8.00. The van der Waals surface area contributed by atoms with E-state index in [1.54, 1.807) is 0 Å². The van der Waals surface area contributed by atoms with E-state index < -0.39 is 16.0 Å². The van der Waals surface area contributed by atoms with Gasteiger partial charge in [-0.2, -0.15) is 0 Å². The zero-order valence-electron chi connectivity index (χ0n) is 10.3. The Labute approximate surface area is 111 Å². The van der Waals surface area contributed by atoms with E-state index in [2.05, 4.69) is 18.6 Å². The summed E-state index contributed by atoms with van der Waals surface area (Å²) in [6, 6.07) is 1.18. The second-order valence-electron chi connectivity index (χ2n) is 4.39. The van der Waals surface area contributed by atoms with Crippen molar-refractivity contribution >= 4 is 27.3 Å². The van der Waals surface area contributed by atoms with Gasteiger partial charge in [0.25, 0.3) is 0 Å². The molecule has 18 heavy (non-hydrogen) atoms. The van der Waals surface area contributed by atoms with Crippen molar-refractivity contribution in [2.75, 3.05) is 6.54 Å². The molecule has 0 aliphatic heterocycles. The summed E-state index contributed by atoms with van der Waals surface area (Å²) >= 11 is 0.918. The number of carbonyl (C=O) groups is 1. The Morgan fingerprint density at radius 3 is 2.67 bits per heavy atom. The van der Waals surface area contributed by atoms with Crippen molar-refractivity contribution in [3.8, 4) is 0 Å². The van der Waals surface area contributed by atoms with Gasteiger partial charge in [0.1, 0.15) is 4.21 Å². The predicted octanol–water partition coefficient (Wildman–Crippen LogP) is 2.16. The summed E-state index contributed by atoms with van der Waals surface area (Å²) in [6.45, 7) is 4.53. The highest BCUT2D eigenvalue weighted by atomic mass is 32.2. The van der Waals surface area contributed by atoms with Gasteiger partial charge in [-0.3, -0.25) is 0 Å². The zero-order chi connectivity index (χ0) is 13.8. The average Bonchev–Trinajstić information content (AvgIpc) is 2.74. The average molecular weight is 291 g/mol. The minimum absolute atomic E-state index is 0.00237. The van der Waals surface area contributed by atoms with Crippen molar-refractivity contribution < 1.29 is 18.3 Å². The number of rotatable bonds is 7. The van der Waals surface area contributed by atoms with E-state index >= 15 is 0 Å². The topological polar surface area (TPSA) is 83.5 Å². The van der Waals surface area contributed by atoms with Gasteiger partial charge in [-0.25, -0.2) is 17.9 Å². The maximum absolute atomic E-state index is 11.8. The van der Waals surface area contributed by atoms with E-state index in [4.69, 9.17) is 5.11 Å². The molecule has 0 aliphatic carbocycles. The van der Waals surface area contributed by atoms with Crippen LogP contribution in [0.1, 0.15) is 37.0 Å². The molecule has 0 aromatic carbocycles. The van der Waals surface area contributed by atoms with Crippen molar-refractivity contribution in [1.82, 2.24) is 4.72 Å². The van der Waals surface area contributed by atoms with Crippen LogP contribution in [0.25, 0.3) is 0 Å². The normalized spacial score (nSPS) is 11.9. The molecule has 0 radical (unpaired) electrons. The SMILES string of the molecule is CC(C)CCCNS(=O)(=O)c1cc(C(=O)O)cs1. The number of hydrogen-bond donors (Lipinski definition) is 2. The number of hydrogen-bond acceptors (Lipinski definition) is 4. The largest absolute Gasteiger partial charge is 0.478 e. The smallest absolute Gasteiger partial charge is 0.336 e. The van der Waals surface area contributed by atoms with Gasteiger partial charge in [-0.1, -0.05) is 13.8 Å². The zero-order valence-corrected chi connectivity index (χ0v) is 12.0. The highest BCUT2D eigenvalue weighted by Crippen LogP contribution is 2.20. The van der Waals surface area contributed by atoms with Gasteiger partial charge in [0.05, 0.1) is 5.56 Å². The van der Waals surface area contributed by atoms with E-state index in [1.807, 2.05) is 0 Å². The predicted molar refractivity (Wildman–Crippen MR) is 70.5 cm³/mol. The molecule has 1 aromatic heterocycles. The fraction of sp³-hybridized carbons (Fsp3) is 0.545. The number of carboxylic acid groups (broad SMARTS) is 1. The monoisotopic (exact) mass is 291 g/mol. The molecule has 1 heterocycles. The van der Waals surface area contributed by atoms with Gasteiger partial charge in [0.2, 0.25) is 10.0 Å². The molecule has 1 aromatic rings. The molecule has 2 N–H and O–H groups in total. The molecule has 0 amide bonds. The highest BCUT2D eigenvalue weighted by molar-refractivity contribution is 7.91. The first-order chi connectivity index (χ1) is 8.33. The Hall–Kier alpha value is -0.920. The van der Waals surface area contributed by atoms with Crippen LogP contribution < -0.4 is 4.72 Å². The number of nitrogens with one attached hydrogen (secondary N) is 1. The molecule has 0 unspecified atom stereocenters. The van der Waals surface area contributed by atoms with Crippen LogP contribution in [0.15, 0.2) is 15.7 Å². The Bertz CT molecular complexity index is 505. The first kappa shape index (κ1) is 15.1. The Morgan fingerprint density at radius 2 is 2.17 bits per heavy atom. The second-order valence-corrected chi connectivity index (χ2v) is 7.30. The lowest BCUT2D eigenvalue weighted by Crippen LogP contribution is -2.24. The van der Waals surface area contributed by atoms with Gasteiger partial charge in [0.15, 0.2) is 0 Å². The van der Waals surface area contributed by atoms with Gasteiger partial charge < -0.3 is 5.11 Å². The van der Waals surface area contributed by atoms with E-state index in [9.17, 15) is 13.2 Å². The summed E-state index contributed by atoms with van der Waals surface area (Å²) in [5, 5.41) is 10.1. The third-order valence-electron chi connectivity index (χ3n) is 2.34. The molecule has 1 rings (SSSR count). The third-order valence-corrected chi connectivity index (χ3v) is 5.24. The van der Waals surface area contributed by atoms with Gasteiger partial charge in [-0.15, -0.1) is 11.3 Å². The molecule has 0 saturated heterocycles. The summed E-state index contributed by atoms with van der Waals surface area (Å²) in [6.07, 6.45) is 1.72. The molecule has 0 spiro atoms. The molecular formula is C11H17NO4S2. The van der Waals surface area contributed by atoms with E-state index in [-0.39, 0.29) is 9.77 Å². The van der Waals surface area contributed by atoms with Crippen LogP contribution in [-0.2, 0) is 10.0 Å². The third kappa shape index (κ3) is 4.40. The van der Waals surface area contributed by atoms with Crippen LogP contribution in [0.3, 0.4) is 0 Å². The number of thiophene rings is 1. The standard InChI is InChI=1S/C11H17NO4S2/c1-8(2)4-3-5-12-18(15,16)10-6-9(7-17-10)11(13)14/h6-8,12H,3-5H2,1-2H3,(H,13,14). The van der Waals surface area contributed by atoms with Crippen molar-refractivity contribution in [2.24, 2.45) is 5.92 Å². The van der Waals surface area contributed by atoms with Gasteiger partial charge in [0, 0.05) is 11.9 Å². The quantitative estimate of drug-likeness (QED) is 0.754. The van der Waals surface area contributed by atoms with Crippen LogP contribution >= 0.6 is 11.3 Å². The molecular weight excluding hydrogens is 274 g/mol.